The van der Waals surface area contributed by atoms with Gasteiger partial charge in [0.1, 0.15) is 18.3 Å². The number of aryl methyl sites for hydroxylation is 2. The molecule has 9 heteroatoms. The zero-order valence-corrected chi connectivity index (χ0v) is 28.7. The summed E-state index contributed by atoms with van der Waals surface area (Å²) in [5.74, 6) is -0.199. The summed E-state index contributed by atoms with van der Waals surface area (Å²) in [6.45, 7) is 7.30. The first-order valence-corrected chi connectivity index (χ1v) is 17.4. The van der Waals surface area contributed by atoms with Gasteiger partial charge in [-0.3, -0.25) is 13.9 Å². The molecule has 1 N–H and O–H groups in total. The largest absolute Gasteiger partial charge is 0.497 e. The summed E-state index contributed by atoms with van der Waals surface area (Å²) < 4.78 is 35.3. The number of para-hydroxylation sites is 1. The van der Waals surface area contributed by atoms with Crippen LogP contribution in [0.25, 0.3) is 0 Å². The molecule has 0 spiro atoms. The highest BCUT2D eigenvalue weighted by atomic mass is 32.2. The van der Waals surface area contributed by atoms with E-state index < -0.39 is 28.5 Å². The fourth-order valence-corrected chi connectivity index (χ4v) is 6.82. The van der Waals surface area contributed by atoms with Crippen LogP contribution in [0, 0.1) is 6.92 Å². The van der Waals surface area contributed by atoms with Crippen LogP contribution in [0.1, 0.15) is 49.4 Å². The van der Waals surface area contributed by atoms with Crippen molar-refractivity contribution in [2.24, 2.45) is 0 Å². The van der Waals surface area contributed by atoms with Gasteiger partial charge >= 0.3 is 0 Å². The van der Waals surface area contributed by atoms with Crippen molar-refractivity contribution in [2.45, 2.75) is 70.5 Å². The molecule has 0 fully saturated rings. The third-order valence-corrected chi connectivity index (χ3v) is 10.1. The number of ether oxygens (including phenoxy) is 1. The fraction of sp³-hybridized carbons (Fsp3) is 0.316. The Balaban J connectivity index is 1.84. The summed E-state index contributed by atoms with van der Waals surface area (Å²) in [5.41, 5.74) is 3.75. The second kappa shape index (κ2) is 16.3. The van der Waals surface area contributed by atoms with E-state index in [0.717, 1.165) is 22.3 Å². The summed E-state index contributed by atoms with van der Waals surface area (Å²) in [7, 11) is -2.61. The Morgan fingerprint density at radius 2 is 1.51 bits per heavy atom. The molecule has 0 saturated carbocycles. The molecule has 0 saturated heterocycles. The average Bonchev–Trinajstić information content (AvgIpc) is 3.09. The monoisotopic (exact) mass is 655 g/mol. The number of amides is 2. The standard InChI is InChI=1S/C38H45N3O5S/c1-6-29(4)39-38(43)36(25-30-14-9-8-10-15-30)40(26-31-16-13-18-33(24-31)46-5)37(42)27-41(35-19-12-11-17-32(35)7-2)47(44,45)34-22-20-28(3)21-23-34/h8-24,29,36H,6-7,25-27H2,1-5H3,(H,39,43)/t29-,36-/m0/s1. The van der Waals surface area contributed by atoms with Crippen LogP contribution in [0.5, 0.6) is 5.75 Å². The summed E-state index contributed by atoms with van der Waals surface area (Å²) in [6, 6.07) is 29.6. The molecule has 248 valence electrons. The van der Waals surface area contributed by atoms with Crippen molar-refractivity contribution in [3.05, 3.63) is 125 Å². The Morgan fingerprint density at radius 1 is 0.851 bits per heavy atom. The first-order valence-electron chi connectivity index (χ1n) is 16.0. The van der Waals surface area contributed by atoms with Crippen LogP contribution >= 0.6 is 0 Å². The number of rotatable bonds is 15. The van der Waals surface area contributed by atoms with E-state index in [9.17, 15) is 18.0 Å². The zero-order valence-electron chi connectivity index (χ0n) is 27.8. The van der Waals surface area contributed by atoms with E-state index in [2.05, 4.69) is 5.32 Å². The molecule has 4 aromatic carbocycles. The lowest BCUT2D eigenvalue weighted by Gasteiger charge is -2.34. The number of carbonyl (C=O) groups excluding carboxylic acids is 2. The topological polar surface area (TPSA) is 96.0 Å². The maximum Gasteiger partial charge on any atom is 0.264 e. The van der Waals surface area contributed by atoms with Crippen molar-refractivity contribution < 1.29 is 22.7 Å². The Kier molecular flexibility index (Phi) is 12.2. The maximum atomic E-state index is 14.7. The molecule has 0 heterocycles. The van der Waals surface area contributed by atoms with Crippen molar-refractivity contribution in [1.29, 1.82) is 0 Å². The van der Waals surface area contributed by atoms with Gasteiger partial charge in [0, 0.05) is 19.0 Å². The SMILES string of the molecule is CCc1ccccc1N(CC(=O)N(Cc1cccc(OC)c1)[C@@H](Cc1ccccc1)C(=O)N[C@@H](C)CC)S(=O)(=O)c1ccc(C)cc1. The number of benzene rings is 4. The molecule has 0 aliphatic heterocycles. The Morgan fingerprint density at radius 3 is 2.17 bits per heavy atom. The Labute approximate surface area is 279 Å². The molecule has 0 aromatic heterocycles. The number of nitrogens with zero attached hydrogens (tertiary/aromatic N) is 2. The number of sulfonamides is 1. The van der Waals surface area contributed by atoms with E-state index in [0.29, 0.717) is 24.3 Å². The highest BCUT2D eigenvalue weighted by Crippen LogP contribution is 2.29. The lowest BCUT2D eigenvalue weighted by molar-refractivity contribution is -0.140. The highest BCUT2D eigenvalue weighted by molar-refractivity contribution is 7.92. The third kappa shape index (κ3) is 9.01. The van der Waals surface area contributed by atoms with Gasteiger partial charge in [-0.2, -0.15) is 0 Å². The highest BCUT2D eigenvalue weighted by Gasteiger charge is 2.35. The summed E-state index contributed by atoms with van der Waals surface area (Å²) >= 11 is 0. The minimum atomic E-state index is -4.18. The molecule has 0 aliphatic carbocycles. The van der Waals surface area contributed by atoms with Crippen molar-refractivity contribution in [3.63, 3.8) is 0 Å². The molecule has 2 atom stereocenters. The van der Waals surface area contributed by atoms with E-state index >= 15 is 0 Å². The van der Waals surface area contributed by atoms with Gasteiger partial charge < -0.3 is 15.0 Å². The summed E-state index contributed by atoms with van der Waals surface area (Å²) in [4.78, 5) is 30.3. The van der Waals surface area contributed by atoms with Gasteiger partial charge in [-0.15, -0.1) is 0 Å². The van der Waals surface area contributed by atoms with E-state index in [1.54, 1.807) is 43.5 Å². The summed E-state index contributed by atoms with van der Waals surface area (Å²) in [6.07, 6.45) is 1.52. The van der Waals surface area contributed by atoms with Crippen LogP contribution in [-0.4, -0.2) is 50.9 Å². The average molecular weight is 656 g/mol. The van der Waals surface area contributed by atoms with Gasteiger partial charge in [-0.25, -0.2) is 8.42 Å². The Hall–Kier alpha value is -4.63. The number of carbonyl (C=O) groups is 2. The van der Waals surface area contributed by atoms with Crippen molar-refractivity contribution in [1.82, 2.24) is 10.2 Å². The van der Waals surface area contributed by atoms with Gasteiger partial charge in [-0.1, -0.05) is 92.2 Å². The lowest BCUT2D eigenvalue weighted by atomic mass is 10.0. The van der Waals surface area contributed by atoms with Crippen LogP contribution in [0.15, 0.2) is 108 Å². The minimum absolute atomic E-state index is 0.0648. The second-order valence-electron chi connectivity index (χ2n) is 11.7. The van der Waals surface area contributed by atoms with E-state index in [4.69, 9.17) is 4.74 Å². The van der Waals surface area contributed by atoms with Gasteiger partial charge in [0.15, 0.2) is 0 Å². The van der Waals surface area contributed by atoms with E-state index in [1.807, 2.05) is 94.4 Å². The molecular weight excluding hydrogens is 611 g/mol. The van der Waals surface area contributed by atoms with E-state index in [1.165, 1.54) is 9.21 Å². The van der Waals surface area contributed by atoms with Gasteiger partial charge in [0.2, 0.25) is 11.8 Å². The minimum Gasteiger partial charge on any atom is -0.497 e. The Bertz CT molecular complexity index is 1740. The third-order valence-electron chi connectivity index (χ3n) is 8.29. The molecule has 8 nitrogen and oxygen atoms in total. The number of hydrogen-bond acceptors (Lipinski definition) is 5. The van der Waals surface area contributed by atoms with Crippen molar-refractivity contribution >= 4 is 27.5 Å². The first-order chi connectivity index (χ1) is 22.6. The first kappa shape index (κ1) is 35.2. The van der Waals surface area contributed by atoms with Gasteiger partial charge in [0.25, 0.3) is 10.0 Å². The van der Waals surface area contributed by atoms with Gasteiger partial charge in [-0.05, 0) is 73.7 Å². The van der Waals surface area contributed by atoms with Crippen LogP contribution in [0.4, 0.5) is 5.69 Å². The molecule has 47 heavy (non-hydrogen) atoms. The van der Waals surface area contributed by atoms with Crippen LogP contribution in [-0.2, 0) is 39.0 Å². The number of nitrogens with one attached hydrogen (secondary N) is 1. The summed E-state index contributed by atoms with van der Waals surface area (Å²) in [5, 5.41) is 3.07. The molecule has 0 radical (unpaired) electrons. The quantitative estimate of drug-likeness (QED) is 0.162. The molecule has 4 aromatic rings. The maximum absolute atomic E-state index is 14.7. The predicted molar refractivity (Wildman–Crippen MR) is 187 cm³/mol. The fourth-order valence-electron chi connectivity index (χ4n) is 5.37. The normalized spacial score (nSPS) is 12.5. The molecule has 2 amide bonds. The number of anilines is 1. The lowest BCUT2D eigenvalue weighted by Crippen LogP contribution is -2.54. The van der Waals surface area contributed by atoms with Gasteiger partial charge in [0.05, 0.1) is 17.7 Å². The molecule has 0 bridgehead atoms. The molecular formula is C38H45N3O5S. The molecule has 0 aliphatic rings. The van der Waals surface area contributed by atoms with Crippen LogP contribution in [0.3, 0.4) is 0 Å². The van der Waals surface area contributed by atoms with Crippen LogP contribution < -0.4 is 14.4 Å². The van der Waals surface area contributed by atoms with Crippen molar-refractivity contribution in [3.8, 4) is 5.75 Å². The van der Waals surface area contributed by atoms with E-state index in [-0.39, 0.29) is 29.8 Å². The smallest absolute Gasteiger partial charge is 0.264 e. The number of methoxy groups -OCH3 is 1. The van der Waals surface area contributed by atoms with Crippen LogP contribution in [0.2, 0.25) is 0 Å². The molecule has 4 rings (SSSR count). The second-order valence-corrected chi connectivity index (χ2v) is 13.6. The zero-order chi connectivity index (χ0) is 34.0. The number of hydrogen-bond donors (Lipinski definition) is 1. The van der Waals surface area contributed by atoms with Crippen molar-refractivity contribution in [2.75, 3.05) is 18.0 Å². The predicted octanol–water partition coefficient (Wildman–Crippen LogP) is 6.32. The molecule has 0 unspecified atom stereocenters.